The summed E-state index contributed by atoms with van der Waals surface area (Å²) >= 11 is 0. The van der Waals surface area contributed by atoms with E-state index in [1.807, 2.05) is 25.4 Å². The number of aromatic nitrogens is 1. The molecule has 21 unspecified atom stereocenters. The SMILES string of the molecule is CC1CCC2=CC3C=CC4C(C5COC(=O)C5c5cc[nH]c5)C#CCC5CC6(O)C7=CC(=O)C8CC(O)C(O)CC8(C)C7CCC6(CCN=C(N)N)C5C(C)(O)C(O)CC(CO)C3C4C2C1. The lowest BCUT2D eigenvalue weighted by Gasteiger charge is -2.61. The summed E-state index contributed by atoms with van der Waals surface area (Å²) < 4.78 is 5.94. The number of carbonyl (C=O) groups is 2. The first-order valence-corrected chi connectivity index (χ1v) is 25.0. The molecule has 1 aliphatic heterocycles. The molecule has 21 atom stereocenters. The molecule has 0 amide bonds. The van der Waals surface area contributed by atoms with Crippen LogP contribution in [0, 0.1) is 99.6 Å². The van der Waals surface area contributed by atoms with E-state index in [-0.39, 0.29) is 123 Å². The van der Waals surface area contributed by atoms with Gasteiger partial charge in [-0.1, -0.05) is 43.6 Å². The molecule has 0 spiro atoms. The number of aliphatic hydroxyl groups excluding tert-OH is 4. The lowest BCUT2D eigenvalue weighted by Crippen LogP contribution is -2.64. The minimum Gasteiger partial charge on any atom is -0.465 e. The predicted octanol–water partition coefficient (Wildman–Crippen LogP) is 3.89. The Morgan fingerprint density at radius 1 is 1.02 bits per heavy atom. The Morgan fingerprint density at radius 3 is 2.56 bits per heavy atom. The summed E-state index contributed by atoms with van der Waals surface area (Å²) in [7, 11) is 0. The highest BCUT2D eigenvalue weighted by molar-refractivity contribution is 5.95. The molecule has 4 saturated carbocycles. The van der Waals surface area contributed by atoms with Gasteiger partial charge in [-0.05, 0) is 153 Å². The van der Waals surface area contributed by atoms with Gasteiger partial charge in [-0.15, -0.1) is 5.92 Å². The molecule has 4 bridgehead atoms. The molecule has 1 saturated heterocycles. The number of aliphatic hydroxyl groups is 6. The number of nitrogens with one attached hydrogen (secondary N) is 1. The van der Waals surface area contributed by atoms with Gasteiger partial charge >= 0.3 is 5.97 Å². The zero-order valence-electron chi connectivity index (χ0n) is 38.8. The van der Waals surface area contributed by atoms with Crippen molar-refractivity contribution < 1.29 is 45.0 Å². The molecule has 0 aromatic carbocycles. The lowest BCUT2D eigenvalue weighted by molar-refractivity contribution is -0.190. The Morgan fingerprint density at radius 2 is 1.82 bits per heavy atom. The Labute approximate surface area is 388 Å². The molecule has 9 aliphatic rings. The molecular weight excluding hydrogens is 837 g/mol. The summed E-state index contributed by atoms with van der Waals surface area (Å²) in [6.45, 7) is 6.16. The second-order valence-corrected chi connectivity index (χ2v) is 23.0. The van der Waals surface area contributed by atoms with Crippen LogP contribution in [0.4, 0.5) is 0 Å². The number of hydrogen-bond acceptors (Lipinski definition) is 10. The van der Waals surface area contributed by atoms with Crippen molar-refractivity contribution in [3.8, 4) is 11.8 Å². The number of nitrogens with zero attached hydrogens (tertiary/aromatic N) is 1. The molecule has 10 rings (SSSR count). The highest BCUT2D eigenvalue weighted by atomic mass is 16.5. The Hall–Kier alpha value is -3.77. The van der Waals surface area contributed by atoms with Crippen LogP contribution in [-0.4, -0.2) is 103 Å². The second-order valence-electron chi connectivity index (χ2n) is 23.0. The van der Waals surface area contributed by atoms with Crippen LogP contribution in [0.1, 0.15) is 103 Å². The van der Waals surface area contributed by atoms with Crippen LogP contribution in [0.3, 0.4) is 0 Å². The van der Waals surface area contributed by atoms with Crippen LogP contribution in [0.15, 0.2) is 58.9 Å². The fourth-order valence-corrected chi connectivity index (χ4v) is 17.0. The minimum absolute atomic E-state index is 0.00628. The van der Waals surface area contributed by atoms with Gasteiger partial charge in [0.15, 0.2) is 11.7 Å². The average molecular weight is 909 g/mol. The average Bonchev–Trinajstić information content (AvgIpc) is 3.99. The first-order valence-electron chi connectivity index (χ1n) is 25.0. The molecule has 8 aliphatic carbocycles. The molecule has 0 radical (unpaired) electrons. The Balaban J connectivity index is 1.13. The maximum absolute atomic E-state index is 14.3. The summed E-state index contributed by atoms with van der Waals surface area (Å²) in [6.07, 6.45) is 14.1. The maximum atomic E-state index is 14.3. The maximum Gasteiger partial charge on any atom is 0.313 e. The van der Waals surface area contributed by atoms with Crippen LogP contribution in [-0.2, 0) is 14.3 Å². The standard InChI is InChI=1S/C53H72N4O9/c1-27-7-8-28-18-29-9-10-34-33(36-26-66-48(63)45(36)31-12-15-56-24-31)6-4-5-30-22-53(65)38-20-40(59)39-21-41(60)42(61)23-50(39,2)37(38)11-13-52(53,14-16-57-49(54)55)47(30)51(3,64)43(62)19-32(25-58)44(29)46(34)35(28)17-27/h9-10,12,15,18,20,24,27,29-30,32-37,39,41-47,56,58,60-62,64-65H,5,7-8,11,13-14,16-17,19,21-23,25-26H2,1-3H3,(H4,54,55,57). The van der Waals surface area contributed by atoms with Crippen LogP contribution in [0.25, 0.3) is 0 Å². The monoisotopic (exact) mass is 909 g/mol. The van der Waals surface area contributed by atoms with Crippen molar-refractivity contribution >= 4 is 17.7 Å². The largest absolute Gasteiger partial charge is 0.465 e. The van der Waals surface area contributed by atoms with Crippen molar-refractivity contribution in [3.05, 3.63) is 59.5 Å². The van der Waals surface area contributed by atoms with Gasteiger partial charge in [0.2, 0.25) is 0 Å². The fourth-order valence-electron chi connectivity index (χ4n) is 17.0. The van der Waals surface area contributed by atoms with Crippen molar-refractivity contribution in [2.45, 2.75) is 127 Å². The van der Waals surface area contributed by atoms with Crippen molar-refractivity contribution in [1.82, 2.24) is 4.98 Å². The molecule has 1 aromatic rings. The highest BCUT2D eigenvalue weighted by Gasteiger charge is 2.73. The number of carbonyl (C=O) groups excluding carboxylic acids is 2. The van der Waals surface area contributed by atoms with E-state index in [0.717, 1.165) is 24.8 Å². The summed E-state index contributed by atoms with van der Waals surface area (Å²) in [4.78, 5) is 35.7. The number of fused-ring (bicyclic) bond motifs is 8. The zero-order valence-corrected chi connectivity index (χ0v) is 38.8. The van der Waals surface area contributed by atoms with Gasteiger partial charge in [-0.3, -0.25) is 14.6 Å². The molecule has 66 heavy (non-hydrogen) atoms. The van der Waals surface area contributed by atoms with Gasteiger partial charge in [-0.25, -0.2) is 0 Å². The molecule has 1 aromatic heterocycles. The minimum atomic E-state index is -1.82. The first kappa shape index (κ1) is 46.0. The number of nitrogens with two attached hydrogens (primary N) is 2. The smallest absolute Gasteiger partial charge is 0.313 e. The van der Waals surface area contributed by atoms with Gasteiger partial charge in [0.1, 0.15) is 0 Å². The molecule has 358 valence electrons. The van der Waals surface area contributed by atoms with E-state index < -0.39 is 69.9 Å². The van der Waals surface area contributed by atoms with E-state index in [1.54, 1.807) is 13.0 Å². The third-order valence-corrected chi connectivity index (χ3v) is 19.9. The summed E-state index contributed by atoms with van der Waals surface area (Å²) in [6, 6.07) is 1.94. The first-order chi connectivity index (χ1) is 31.4. The van der Waals surface area contributed by atoms with Gasteiger partial charge < -0.3 is 51.8 Å². The number of allylic oxidation sites excluding steroid dienone is 5. The fraction of sp³-hybridized carbons (Fsp3) is 0.717. The van der Waals surface area contributed by atoms with Crippen LogP contribution in [0.5, 0.6) is 0 Å². The van der Waals surface area contributed by atoms with Crippen molar-refractivity contribution in [1.29, 1.82) is 0 Å². The number of H-pyrrole nitrogens is 1. The molecule has 5 fully saturated rings. The quantitative estimate of drug-likeness (QED) is 0.0652. The number of hydrogen-bond donors (Lipinski definition) is 9. The Bertz CT molecular complexity index is 2260. The number of esters is 1. The molecule has 13 heteroatoms. The number of rotatable bonds is 6. The summed E-state index contributed by atoms with van der Waals surface area (Å²) in [5.41, 5.74) is 9.39. The normalized spacial score (nSPS) is 49.3. The van der Waals surface area contributed by atoms with Gasteiger partial charge in [0.05, 0.1) is 42.0 Å². The number of aromatic amines is 1. The third-order valence-electron chi connectivity index (χ3n) is 19.9. The van der Waals surface area contributed by atoms with E-state index in [2.05, 4.69) is 47.0 Å². The molecule has 2 heterocycles. The van der Waals surface area contributed by atoms with Crippen molar-refractivity contribution in [3.63, 3.8) is 0 Å². The van der Waals surface area contributed by atoms with E-state index in [9.17, 15) is 40.2 Å². The van der Waals surface area contributed by atoms with E-state index in [0.29, 0.717) is 24.3 Å². The number of aliphatic imine (C=N–C) groups is 1. The number of ether oxygens (including phenoxy) is 1. The van der Waals surface area contributed by atoms with Crippen molar-refractivity contribution in [2.75, 3.05) is 19.8 Å². The lowest BCUT2D eigenvalue weighted by atomic mass is 9.44. The van der Waals surface area contributed by atoms with Gasteiger partial charge in [0.25, 0.3) is 0 Å². The summed E-state index contributed by atoms with van der Waals surface area (Å²) in [5.74, 6) is 3.93. The molecule has 13 nitrogen and oxygen atoms in total. The zero-order chi connectivity index (χ0) is 46.7. The van der Waals surface area contributed by atoms with Crippen LogP contribution >= 0.6 is 0 Å². The third kappa shape index (κ3) is 6.96. The highest BCUT2D eigenvalue weighted by Crippen LogP contribution is 2.72. The molecular formula is C53H72N4O9. The van der Waals surface area contributed by atoms with Crippen molar-refractivity contribution in [2.24, 2.45) is 104 Å². The predicted molar refractivity (Wildman–Crippen MR) is 246 cm³/mol. The summed E-state index contributed by atoms with van der Waals surface area (Å²) in [5, 5.41) is 73.5. The van der Waals surface area contributed by atoms with E-state index in [4.69, 9.17) is 16.2 Å². The van der Waals surface area contributed by atoms with Crippen LogP contribution < -0.4 is 11.5 Å². The molecule has 11 N–H and O–H groups in total. The number of cyclic esters (lactones) is 1. The van der Waals surface area contributed by atoms with Gasteiger partial charge in [-0.2, -0.15) is 0 Å². The van der Waals surface area contributed by atoms with E-state index in [1.165, 1.54) is 5.57 Å². The van der Waals surface area contributed by atoms with E-state index >= 15 is 0 Å². The Kier molecular flexibility index (Phi) is 11.7. The van der Waals surface area contributed by atoms with Crippen LogP contribution in [0.2, 0.25) is 0 Å². The number of ketones is 1. The van der Waals surface area contributed by atoms with Gasteiger partial charge in [0, 0.05) is 61.1 Å². The second kappa shape index (κ2) is 16.7. The number of guanidine groups is 1. The topological polar surface area (TPSA) is 245 Å².